The van der Waals surface area contributed by atoms with Crippen LogP contribution in [0.25, 0.3) is 117 Å². The molecule has 0 aliphatic heterocycles. The summed E-state index contributed by atoms with van der Waals surface area (Å²) in [6.45, 7) is 6.44. The summed E-state index contributed by atoms with van der Waals surface area (Å²) in [6.07, 6.45) is 0. The van der Waals surface area contributed by atoms with E-state index in [9.17, 15) is 0 Å². The van der Waals surface area contributed by atoms with Crippen LogP contribution >= 0.6 is 0 Å². The van der Waals surface area contributed by atoms with Crippen LogP contribution in [0.15, 0.2) is 200 Å². The van der Waals surface area contributed by atoms with Gasteiger partial charge in [-0.3, -0.25) is 0 Å². The quantitative estimate of drug-likeness (QED) is 0.167. The first kappa shape index (κ1) is 37.9. The molecule has 0 spiro atoms. The van der Waals surface area contributed by atoms with Gasteiger partial charge in [0.15, 0.2) is 17.5 Å². The first-order chi connectivity index (χ1) is 32.5. The maximum atomic E-state index is 5.60. The topological polar surface area (TPSA) is 53.5 Å². The fourth-order valence-electron chi connectivity index (χ4n) is 10.3. The molecule has 6 nitrogen and oxygen atoms in total. The van der Waals surface area contributed by atoms with Gasteiger partial charge in [0.1, 0.15) is 0 Å². The second-order valence-electron chi connectivity index (χ2n) is 17.5. The van der Waals surface area contributed by atoms with Gasteiger partial charge in [-0.2, -0.15) is 0 Å². The van der Waals surface area contributed by atoms with Gasteiger partial charge in [-0.1, -0.05) is 139 Å². The van der Waals surface area contributed by atoms with Crippen molar-refractivity contribution in [3.63, 3.8) is 0 Å². The summed E-state index contributed by atoms with van der Waals surface area (Å²) in [6, 6.07) is 71.8. The lowest BCUT2D eigenvalue weighted by molar-refractivity contribution is 1.05. The van der Waals surface area contributed by atoms with E-state index in [4.69, 9.17) is 15.0 Å². The highest BCUT2D eigenvalue weighted by molar-refractivity contribution is 6.12. The first-order valence-corrected chi connectivity index (χ1v) is 22.5. The van der Waals surface area contributed by atoms with Gasteiger partial charge in [-0.05, 0) is 99.1 Å². The molecule has 0 fully saturated rings. The third-order valence-electron chi connectivity index (χ3n) is 13.3. The van der Waals surface area contributed by atoms with E-state index >= 15 is 0 Å². The highest BCUT2D eigenvalue weighted by Gasteiger charge is 2.24. The predicted molar refractivity (Wildman–Crippen MR) is 273 cm³/mol. The smallest absolute Gasteiger partial charge is 0.166 e. The Balaban J connectivity index is 1.14. The van der Waals surface area contributed by atoms with Crippen LogP contribution < -0.4 is 0 Å². The Hall–Kier alpha value is -8.61. The number of hydrogen-bond donors (Lipinski definition) is 0. The molecule has 0 amide bonds. The van der Waals surface area contributed by atoms with Crippen molar-refractivity contribution in [1.82, 2.24) is 28.7 Å². The van der Waals surface area contributed by atoms with Crippen molar-refractivity contribution < 1.29 is 0 Å². The van der Waals surface area contributed by atoms with Crippen molar-refractivity contribution in [2.24, 2.45) is 0 Å². The monoisotopic (exact) mass is 846 g/mol. The average molecular weight is 847 g/mol. The molecule has 0 N–H and O–H groups in total. The van der Waals surface area contributed by atoms with Crippen molar-refractivity contribution in [2.45, 2.75) is 20.8 Å². The van der Waals surface area contributed by atoms with Crippen molar-refractivity contribution in [3.05, 3.63) is 217 Å². The molecule has 0 radical (unpaired) electrons. The van der Waals surface area contributed by atoms with Gasteiger partial charge >= 0.3 is 0 Å². The Morgan fingerprint density at radius 3 is 0.879 bits per heavy atom. The SMILES string of the molecule is Cc1ccc(-n2c3ccccc3c3ccccc32)c(-c2nc(-c3cc(C)ccc3-n3c4ccccc4c4ccccc43)nc(-c3ccc(C)cc3-n3c4ccccc4c4ccccc43)n2)c1. The first-order valence-electron chi connectivity index (χ1n) is 22.5. The molecule has 4 heterocycles. The van der Waals surface area contributed by atoms with E-state index in [2.05, 4.69) is 235 Å². The van der Waals surface area contributed by atoms with Crippen molar-refractivity contribution >= 4 is 65.4 Å². The minimum Gasteiger partial charge on any atom is -0.309 e. The predicted octanol–water partition coefficient (Wildman–Crippen LogP) is 15.1. The minimum absolute atomic E-state index is 0.594. The molecule has 6 heteroatoms. The van der Waals surface area contributed by atoms with Crippen LogP contribution in [0.2, 0.25) is 0 Å². The number of para-hydroxylation sites is 6. The number of nitrogens with zero attached hydrogens (tertiary/aromatic N) is 6. The molecule has 0 saturated carbocycles. The van der Waals surface area contributed by atoms with Gasteiger partial charge < -0.3 is 13.7 Å². The molecule has 0 saturated heterocycles. The van der Waals surface area contributed by atoms with Crippen LogP contribution in [0.5, 0.6) is 0 Å². The molecule has 0 bridgehead atoms. The van der Waals surface area contributed by atoms with Crippen LogP contribution in [0.4, 0.5) is 0 Å². The third kappa shape index (κ3) is 5.78. The van der Waals surface area contributed by atoms with Crippen LogP contribution in [-0.4, -0.2) is 28.7 Å². The number of aryl methyl sites for hydroxylation is 3. The van der Waals surface area contributed by atoms with Gasteiger partial charge in [-0.15, -0.1) is 0 Å². The Bertz CT molecular complexity index is 3770. The maximum Gasteiger partial charge on any atom is 0.166 e. The molecule has 66 heavy (non-hydrogen) atoms. The Morgan fingerprint density at radius 2 is 0.530 bits per heavy atom. The second kappa shape index (κ2) is 14.7. The highest BCUT2D eigenvalue weighted by atomic mass is 15.1. The van der Waals surface area contributed by atoms with E-state index in [1.165, 1.54) is 32.3 Å². The third-order valence-corrected chi connectivity index (χ3v) is 13.3. The summed E-state index contributed by atoms with van der Waals surface area (Å²) >= 11 is 0. The zero-order chi connectivity index (χ0) is 44.0. The Morgan fingerprint density at radius 1 is 0.258 bits per heavy atom. The zero-order valence-corrected chi connectivity index (χ0v) is 36.7. The Kier molecular flexibility index (Phi) is 8.46. The minimum atomic E-state index is 0.594. The van der Waals surface area contributed by atoms with E-state index < -0.39 is 0 Å². The highest BCUT2D eigenvalue weighted by Crippen LogP contribution is 2.41. The fourth-order valence-corrected chi connectivity index (χ4v) is 10.3. The molecule has 9 aromatic carbocycles. The van der Waals surface area contributed by atoms with Gasteiger partial charge in [0, 0.05) is 49.0 Å². The van der Waals surface area contributed by atoms with E-state index in [1.54, 1.807) is 0 Å². The largest absolute Gasteiger partial charge is 0.309 e. The van der Waals surface area contributed by atoms with Gasteiger partial charge in [0.25, 0.3) is 0 Å². The molecule has 4 aromatic heterocycles. The summed E-state index contributed by atoms with van der Waals surface area (Å²) in [4.78, 5) is 16.8. The summed E-state index contributed by atoms with van der Waals surface area (Å²) in [5.41, 5.74) is 15.9. The molecule has 0 aliphatic carbocycles. The summed E-state index contributed by atoms with van der Waals surface area (Å²) in [5.74, 6) is 1.79. The van der Waals surface area contributed by atoms with E-state index in [1.807, 2.05) is 0 Å². The maximum absolute atomic E-state index is 5.60. The summed E-state index contributed by atoms with van der Waals surface area (Å²) < 4.78 is 7.12. The van der Waals surface area contributed by atoms with Crippen LogP contribution in [0, 0.1) is 20.8 Å². The second-order valence-corrected chi connectivity index (χ2v) is 17.5. The van der Waals surface area contributed by atoms with Crippen LogP contribution in [0.1, 0.15) is 16.7 Å². The lowest BCUT2D eigenvalue weighted by atomic mass is 10.0. The molecule has 0 unspecified atom stereocenters. The van der Waals surface area contributed by atoms with Gasteiger partial charge in [-0.25, -0.2) is 15.0 Å². The van der Waals surface area contributed by atoms with E-state index in [0.29, 0.717) is 17.5 Å². The Labute approximate surface area is 381 Å². The fraction of sp³-hybridized carbons (Fsp3) is 0.0500. The number of aromatic nitrogens is 6. The molecular formula is C60H42N6. The van der Waals surface area contributed by atoms with E-state index in [0.717, 1.165) is 83.5 Å². The lowest BCUT2D eigenvalue weighted by Gasteiger charge is -2.18. The molecule has 0 atom stereocenters. The standard InChI is InChI=1S/C60H42N6/c1-37-29-32-55(64-49-22-10-4-16-40(49)41-17-5-11-23-50(41)64)47(34-37)59-61-58(46-31-28-39(3)36-57(46)66-53-26-14-8-20-44(53)45-21-9-15-27-54(45)66)62-60(63-59)48-35-38(2)30-33-56(48)65-51-24-12-6-18-42(51)43-19-7-13-25-52(43)65/h4-36H,1-3H3. The lowest BCUT2D eigenvalue weighted by Crippen LogP contribution is -2.07. The molecule has 0 aliphatic rings. The average Bonchev–Trinajstić information content (AvgIpc) is 4.00. The normalized spacial score (nSPS) is 11.9. The summed E-state index contributed by atoms with van der Waals surface area (Å²) in [7, 11) is 0. The zero-order valence-electron chi connectivity index (χ0n) is 36.7. The number of hydrogen-bond acceptors (Lipinski definition) is 3. The number of fused-ring (bicyclic) bond motifs is 9. The van der Waals surface area contributed by atoms with E-state index in [-0.39, 0.29) is 0 Å². The van der Waals surface area contributed by atoms with Crippen molar-refractivity contribution in [2.75, 3.05) is 0 Å². The number of benzene rings is 9. The van der Waals surface area contributed by atoms with Gasteiger partial charge in [0.2, 0.25) is 0 Å². The molecule has 312 valence electrons. The van der Waals surface area contributed by atoms with Crippen molar-refractivity contribution in [3.8, 4) is 51.2 Å². The molecule has 13 aromatic rings. The summed E-state index contributed by atoms with van der Waals surface area (Å²) in [5, 5.41) is 7.18. The van der Waals surface area contributed by atoms with Crippen LogP contribution in [-0.2, 0) is 0 Å². The molecule has 13 rings (SSSR count). The van der Waals surface area contributed by atoms with Crippen LogP contribution in [0.3, 0.4) is 0 Å². The molecular weight excluding hydrogens is 805 g/mol. The number of rotatable bonds is 6. The van der Waals surface area contributed by atoms with Gasteiger partial charge in [0.05, 0.1) is 50.2 Å². The van der Waals surface area contributed by atoms with Crippen molar-refractivity contribution in [1.29, 1.82) is 0 Å².